The summed E-state index contributed by atoms with van der Waals surface area (Å²) >= 11 is 1.31. The predicted octanol–water partition coefficient (Wildman–Crippen LogP) is 5.60. The molecule has 1 aromatic heterocycles. The Morgan fingerprint density at radius 3 is 2.15 bits per heavy atom. The first-order valence-electron chi connectivity index (χ1n) is 8.04. The third kappa shape index (κ3) is 4.56. The highest BCUT2D eigenvalue weighted by atomic mass is 32.1. The van der Waals surface area contributed by atoms with Crippen LogP contribution < -0.4 is 0 Å². The van der Waals surface area contributed by atoms with Crippen LogP contribution in [0.25, 0.3) is 10.6 Å². The fourth-order valence-corrected chi connectivity index (χ4v) is 3.78. The molecular weight excluding hydrogens is 378 g/mol. The Morgan fingerprint density at radius 1 is 1.00 bits per heavy atom. The highest BCUT2D eigenvalue weighted by molar-refractivity contribution is 7.13. The molecule has 2 aromatic rings. The normalized spacial score (nSPS) is 17.6. The number of rotatable bonds is 3. The summed E-state index contributed by atoms with van der Waals surface area (Å²) in [7, 11) is 0. The average Bonchev–Trinajstić information content (AvgIpc) is 3.02. The molecule has 0 bridgehead atoms. The van der Waals surface area contributed by atoms with E-state index in [1.54, 1.807) is 5.38 Å². The largest absolute Gasteiger partial charge is 0.416 e. The first kappa shape index (κ1) is 19.2. The van der Waals surface area contributed by atoms with Gasteiger partial charge in [-0.3, -0.25) is 4.90 Å². The molecule has 1 fully saturated rings. The first-order valence-corrected chi connectivity index (χ1v) is 8.92. The molecule has 1 aliphatic heterocycles. The van der Waals surface area contributed by atoms with E-state index in [1.165, 1.54) is 23.5 Å². The average molecular weight is 394 g/mol. The molecule has 0 atom stereocenters. The van der Waals surface area contributed by atoms with Crippen molar-refractivity contribution < 1.29 is 26.3 Å². The maximum Gasteiger partial charge on any atom is 0.416 e. The Labute approximate surface area is 150 Å². The van der Waals surface area contributed by atoms with Gasteiger partial charge in [0.15, 0.2) is 0 Å². The van der Waals surface area contributed by atoms with Crippen LogP contribution in [0.2, 0.25) is 0 Å². The van der Waals surface area contributed by atoms with Gasteiger partial charge in [-0.15, -0.1) is 11.3 Å². The van der Waals surface area contributed by atoms with Gasteiger partial charge in [-0.05, 0) is 38.1 Å². The quantitative estimate of drug-likeness (QED) is 0.630. The van der Waals surface area contributed by atoms with Crippen LogP contribution in [0.3, 0.4) is 0 Å². The molecule has 1 saturated heterocycles. The molecule has 1 aromatic carbocycles. The van der Waals surface area contributed by atoms with E-state index in [1.807, 2.05) is 4.90 Å². The van der Waals surface area contributed by atoms with E-state index in [0.29, 0.717) is 30.2 Å². The lowest BCUT2D eigenvalue weighted by molar-refractivity contribution is -0.185. The Morgan fingerprint density at radius 2 is 1.62 bits per heavy atom. The van der Waals surface area contributed by atoms with Crippen molar-refractivity contribution in [1.82, 2.24) is 9.88 Å². The fourth-order valence-electron chi connectivity index (χ4n) is 2.96. The number of nitrogens with zero attached hydrogens (tertiary/aromatic N) is 2. The number of benzene rings is 1. The predicted molar refractivity (Wildman–Crippen MR) is 86.6 cm³/mol. The van der Waals surface area contributed by atoms with Crippen LogP contribution in [0.15, 0.2) is 29.6 Å². The summed E-state index contributed by atoms with van der Waals surface area (Å²) < 4.78 is 75.9. The van der Waals surface area contributed by atoms with E-state index in [0.717, 1.165) is 17.8 Å². The van der Waals surface area contributed by atoms with Gasteiger partial charge >= 0.3 is 12.4 Å². The maximum absolute atomic E-state index is 12.7. The molecule has 0 radical (unpaired) electrons. The lowest BCUT2D eigenvalue weighted by Gasteiger charge is -2.32. The SMILES string of the molecule is FC(F)(F)c1ccc(-c2nc(CN3CCC(C(F)(F)F)CC3)cs2)cc1. The minimum Gasteiger partial charge on any atom is -0.297 e. The summed E-state index contributed by atoms with van der Waals surface area (Å²) in [6, 6.07) is 4.77. The summed E-state index contributed by atoms with van der Waals surface area (Å²) in [4.78, 5) is 6.33. The highest BCUT2D eigenvalue weighted by Gasteiger charge is 2.41. The lowest BCUT2D eigenvalue weighted by atomic mass is 9.96. The fraction of sp³-hybridized carbons (Fsp3) is 0.471. The Hall–Kier alpha value is -1.61. The molecule has 142 valence electrons. The standard InChI is InChI=1S/C17H16F6N2S/c18-16(19,20)12-3-1-11(2-4-12)15-24-14(10-26-15)9-25-7-5-13(6-8-25)17(21,22)23/h1-4,10,13H,5-9H2. The number of halogens is 6. The third-order valence-corrected chi connectivity index (χ3v) is 5.39. The smallest absolute Gasteiger partial charge is 0.297 e. The molecule has 0 N–H and O–H groups in total. The number of piperidine rings is 1. The van der Waals surface area contributed by atoms with Gasteiger partial charge in [0.05, 0.1) is 17.2 Å². The number of alkyl halides is 6. The van der Waals surface area contributed by atoms with E-state index >= 15 is 0 Å². The number of hydrogen-bond donors (Lipinski definition) is 0. The molecule has 0 saturated carbocycles. The highest BCUT2D eigenvalue weighted by Crippen LogP contribution is 2.35. The summed E-state index contributed by atoms with van der Waals surface area (Å²) in [5, 5.41) is 2.39. The molecule has 2 nitrogen and oxygen atoms in total. The van der Waals surface area contributed by atoms with E-state index in [-0.39, 0.29) is 12.8 Å². The van der Waals surface area contributed by atoms with Gasteiger partial charge in [-0.2, -0.15) is 26.3 Å². The van der Waals surface area contributed by atoms with Gasteiger partial charge in [-0.1, -0.05) is 12.1 Å². The Kier molecular flexibility index (Phi) is 5.30. The van der Waals surface area contributed by atoms with Crippen LogP contribution in [0, 0.1) is 5.92 Å². The van der Waals surface area contributed by atoms with Crippen molar-refractivity contribution in [2.45, 2.75) is 31.7 Å². The van der Waals surface area contributed by atoms with Gasteiger partial charge < -0.3 is 0 Å². The topological polar surface area (TPSA) is 16.1 Å². The van der Waals surface area contributed by atoms with E-state index in [4.69, 9.17) is 0 Å². The number of likely N-dealkylation sites (tertiary alicyclic amines) is 1. The van der Waals surface area contributed by atoms with E-state index in [9.17, 15) is 26.3 Å². The second-order valence-corrected chi connectivity index (χ2v) is 7.17. The van der Waals surface area contributed by atoms with E-state index in [2.05, 4.69) is 4.98 Å². The van der Waals surface area contributed by atoms with Gasteiger partial charge in [-0.25, -0.2) is 4.98 Å². The first-order chi connectivity index (χ1) is 12.1. The zero-order valence-electron chi connectivity index (χ0n) is 13.6. The molecular formula is C17H16F6N2S. The number of thiazole rings is 1. The van der Waals surface area contributed by atoms with Crippen LogP contribution in [0.5, 0.6) is 0 Å². The second kappa shape index (κ2) is 7.19. The van der Waals surface area contributed by atoms with Crippen LogP contribution in [-0.2, 0) is 12.7 Å². The van der Waals surface area contributed by atoms with Crippen molar-refractivity contribution in [2.75, 3.05) is 13.1 Å². The molecule has 3 rings (SSSR count). The molecule has 0 unspecified atom stereocenters. The zero-order valence-corrected chi connectivity index (χ0v) is 14.4. The van der Waals surface area contributed by atoms with Crippen molar-refractivity contribution in [3.63, 3.8) is 0 Å². The maximum atomic E-state index is 12.7. The summed E-state index contributed by atoms with van der Waals surface area (Å²) in [5.74, 6) is -1.24. The van der Waals surface area contributed by atoms with Crippen molar-refractivity contribution in [1.29, 1.82) is 0 Å². The van der Waals surface area contributed by atoms with Crippen LogP contribution in [-0.4, -0.2) is 29.1 Å². The number of aromatic nitrogens is 1. The monoisotopic (exact) mass is 394 g/mol. The summed E-state index contributed by atoms with van der Waals surface area (Å²) in [6.07, 6.45) is -8.35. The third-order valence-electron chi connectivity index (χ3n) is 4.45. The van der Waals surface area contributed by atoms with Crippen molar-refractivity contribution in [2.24, 2.45) is 5.92 Å². The van der Waals surface area contributed by atoms with Gasteiger partial charge in [0.25, 0.3) is 0 Å². The van der Waals surface area contributed by atoms with Gasteiger partial charge in [0.1, 0.15) is 5.01 Å². The van der Waals surface area contributed by atoms with Crippen LogP contribution in [0.1, 0.15) is 24.1 Å². The van der Waals surface area contributed by atoms with Gasteiger partial charge in [0, 0.05) is 17.5 Å². The van der Waals surface area contributed by atoms with E-state index < -0.39 is 23.8 Å². The van der Waals surface area contributed by atoms with Crippen molar-refractivity contribution in [3.05, 3.63) is 40.9 Å². The zero-order chi connectivity index (χ0) is 18.9. The minimum absolute atomic E-state index is 0.0827. The van der Waals surface area contributed by atoms with Crippen LogP contribution >= 0.6 is 11.3 Å². The molecule has 0 spiro atoms. The molecule has 2 heterocycles. The minimum atomic E-state index is -4.38. The second-order valence-electron chi connectivity index (χ2n) is 6.31. The summed E-state index contributed by atoms with van der Waals surface area (Å²) in [5.41, 5.74) is 0.589. The molecule has 26 heavy (non-hydrogen) atoms. The van der Waals surface area contributed by atoms with Crippen molar-refractivity contribution >= 4 is 11.3 Å². The summed E-state index contributed by atoms with van der Waals surface area (Å²) in [6.45, 7) is 1.16. The molecule has 1 aliphatic rings. The number of hydrogen-bond acceptors (Lipinski definition) is 3. The Bertz CT molecular complexity index is 727. The molecule has 0 amide bonds. The molecule has 0 aliphatic carbocycles. The Balaban J connectivity index is 1.60. The van der Waals surface area contributed by atoms with Crippen LogP contribution in [0.4, 0.5) is 26.3 Å². The van der Waals surface area contributed by atoms with Crippen molar-refractivity contribution in [3.8, 4) is 10.6 Å². The van der Waals surface area contributed by atoms with Gasteiger partial charge in [0.2, 0.25) is 0 Å². The molecule has 9 heteroatoms. The lowest BCUT2D eigenvalue weighted by Crippen LogP contribution is -2.38.